The molecule has 1 heterocycles. The fraction of sp³-hybridized carbons (Fsp3) is 0.385. The van der Waals surface area contributed by atoms with Crippen LogP contribution in [-0.4, -0.2) is 22.8 Å². The van der Waals surface area contributed by atoms with Gasteiger partial charge in [0.15, 0.2) is 4.77 Å². The number of rotatable bonds is 4. The topological polar surface area (TPSA) is 53.7 Å². The summed E-state index contributed by atoms with van der Waals surface area (Å²) < 4.78 is 8.09. The number of aromatic amines is 1. The average molecular weight is 261 g/mol. The monoisotopic (exact) mass is 261 g/mol. The Kier molecular flexibility index (Phi) is 3.80. The summed E-state index contributed by atoms with van der Waals surface area (Å²) in [5.41, 5.74) is 2.53. The quantitative estimate of drug-likeness (QED) is 0.860. The van der Waals surface area contributed by atoms with Crippen LogP contribution in [0.3, 0.4) is 0 Å². The van der Waals surface area contributed by atoms with E-state index in [1.54, 1.807) is 6.07 Å². The summed E-state index contributed by atoms with van der Waals surface area (Å²) in [4.78, 5) is 3.15. The lowest BCUT2D eigenvalue weighted by molar-refractivity contribution is 0.119. The van der Waals surface area contributed by atoms with E-state index in [-0.39, 0.29) is 6.04 Å². The molecule has 1 aromatic carbocycles. The first-order valence-electron chi connectivity index (χ1n) is 5.89. The molecule has 1 atom stereocenters. The summed E-state index contributed by atoms with van der Waals surface area (Å²) in [6, 6.07) is 7.80. The molecule has 0 bridgehead atoms. The molecule has 0 radical (unpaired) electrons. The lowest BCUT2D eigenvalue weighted by Crippen LogP contribution is -2.12. The van der Waals surface area contributed by atoms with Gasteiger partial charge in [0.25, 0.3) is 0 Å². The van der Waals surface area contributed by atoms with Crippen molar-refractivity contribution in [3.8, 4) is 6.07 Å². The number of H-pyrrole nitrogens is 1. The van der Waals surface area contributed by atoms with E-state index in [9.17, 15) is 0 Å². The van der Waals surface area contributed by atoms with Gasteiger partial charge in [0, 0.05) is 6.61 Å². The number of benzene rings is 1. The van der Waals surface area contributed by atoms with Crippen LogP contribution in [0.25, 0.3) is 11.0 Å². The van der Waals surface area contributed by atoms with Crippen molar-refractivity contribution in [2.24, 2.45) is 0 Å². The molecule has 0 aliphatic carbocycles. The third kappa shape index (κ3) is 2.30. The van der Waals surface area contributed by atoms with Gasteiger partial charge in [-0.05, 0) is 44.3 Å². The van der Waals surface area contributed by atoms with Gasteiger partial charge in [-0.1, -0.05) is 0 Å². The van der Waals surface area contributed by atoms with E-state index in [1.807, 2.05) is 23.6 Å². The SMILES string of the molecule is CCOCC(C)n1c(=S)[nH]c2ccc(C#N)cc21. The highest BCUT2D eigenvalue weighted by atomic mass is 32.1. The largest absolute Gasteiger partial charge is 0.380 e. The van der Waals surface area contributed by atoms with Crippen LogP contribution < -0.4 is 0 Å². The zero-order valence-electron chi connectivity index (χ0n) is 10.4. The Hall–Kier alpha value is -1.64. The molecule has 18 heavy (non-hydrogen) atoms. The second kappa shape index (κ2) is 5.34. The normalized spacial score (nSPS) is 12.5. The number of hydrogen-bond donors (Lipinski definition) is 1. The van der Waals surface area contributed by atoms with E-state index in [1.165, 1.54) is 0 Å². The fourth-order valence-corrected chi connectivity index (χ4v) is 2.38. The molecular weight excluding hydrogens is 246 g/mol. The summed E-state index contributed by atoms with van der Waals surface area (Å²) in [7, 11) is 0. The van der Waals surface area contributed by atoms with E-state index in [0.29, 0.717) is 23.5 Å². The highest BCUT2D eigenvalue weighted by Crippen LogP contribution is 2.20. The summed E-state index contributed by atoms with van der Waals surface area (Å²) in [5.74, 6) is 0. The van der Waals surface area contributed by atoms with Crippen molar-refractivity contribution in [1.82, 2.24) is 9.55 Å². The van der Waals surface area contributed by atoms with Gasteiger partial charge >= 0.3 is 0 Å². The van der Waals surface area contributed by atoms with Crippen molar-refractivity contribution in [2.75, 3.05) is 13.2 Å². The Labute approximate surface area is 111 Å². The van der Waals surface area contributed by atoms with Gasteiger partial charge in [0.05, 0.1) is 35.3 Å². The third-order valence-electron chi connectivity index (χ3n) is 2.85. The predicted molar refractivity (Wildman–Crippen MR) is 73.0 cm³/mol. The Morgan fingerprint density at radius 3 is 3.00 bits per heavy atom. The molecule has 0 aliphatic rings. The van der Waals surface area contributed by atoms with Crippen LogP contribution >= 0.6 is 12.2 Å². The highest BCUT2D eigenvalue weighted by Gasteiger charge is 2.11. The van der Waals surface area contributed by atoms with Crippen molar-refractivity contribution in [2.45, 2.75) is 19.9 Å². The number of nitriles is 1. The summed E-state index contributed by atoms with van der Waals surface area (Å²) in [6.07, 6.45) is 0. The van der Waals surface area contributed by atoms with E-state index in [0.717, 1.165) is 11.0 Å². The lowest BCUT2D eigenvalue weighted by Gasteiger charge is -2.14. The van der Waals surface area contributed by atoms with Crippen molar-refractivity contribution in [3.63, 3.8) is 0 Å². The van der Waals surface area contributed by atoms with Crippen molar-refractivity contribution in [3.05, 3.63) is 28.5 Å². The van der Waals surface area contributed by atoms with Gasteiger partial charge in [-0.25, -0.2) is 0 Å². The second-order valence-electron chi connectivity index (χ2n) is 4.15. The number of imidazole rings is 1. The minimum Gasteiger partial charge on any atom is -0.380 e. The maximum atomic E-state index is 8.95. The molecule has 4 nitrogen and oxygen atoms in total. The zero-order chi connectivity index (χ0) is 13.1. The lowest BCUT2D eigenvalue weighted by atomic mass is 10.2. The second-order valence-corrected chi connectivity index (χ2v) is 4.54. The van der Waals surface area contributed by atoms with E-state index in [2.05, 4.69) is 18.0 Å². The van der Waals surface area contributed by atoms with Crippen molar-refractivity contribution in [1.29, 1.82) is 5.26 Å². The Balaban J connectivity index is 2.52. The van der Waals surface area contributed by atoms with E-state index >= 15 is 0 Å². The number of fused-ring (bicyclic) bond motifs is 1. The zero-order valence-corrected chi connectivity index (χ0v) is 11.3. The fourth-order valence-electron chi connectivity index (χ4n) is 1.99. The van der Waals surface area contributed by atoms with Crippen molar-refractivity contribution >= 4 is 23.3 Å². The van der Waals surface area contributed by atoms with Gasteiger partial charge in [-0.15, -0.1) is 0 Å². The molecule has 1 unspecified atom stereocenters. The smallest absolute Gasteiger partial charge is 0.178 e. The highest BCUT2D eigenvalue weighted by molar-refractivity contribution is 7.71. The third-order valence-corrected chi connectivity index (χ3v) is 3.15. The number of aromatic nitrogens is 2. The van der Waals surface area contributed by atoms with Gasteiger partial charge in [-0.2, -0.15) is 5.26 Å². The minimum atomic E-state index is 0.139. The molecule has 1 N–H and O–H groups in total. The molecule has 0 amide bonds. The first-order valence-corrected chi connectivity index (χ1v) is 6.30. The van der Waals surface area contributed by atoms with E-state index in [4.69, 9.17) is 22.2 Å². The predicted octanol–water partition coefficient (Wildman–Crippen LogP) is 3.17. The molecule has 0 saturated carbocycles. The molecule has 2 rings (SSSR count). The van der Waals surface area contributed by atoms with Crippen LogP contribution in [0, 0.1) is 16.1 Å². The first-order chi connectivity index (χ1) is 8.67. The van der Waals surface area contributed by atoms with Crippen LogP contribution in [-0.2, 0) is 4.74 Å². The van der Waals surface area contributed by atoms with Crippen LogP contribution in [0.1, 0.15) is 25.5 Å². The summed E-state index contributed by atoms with van der Waals surface area (Å²) >= 11 is 5.33. The Morgan fingerprint density at radius 1 is 1.56 bits per heavy atom. The van der Waals surface area contributed by atoms with Gasteiger partial charge in [0.2, 0.25) is 0 Å². The number of nitrogens with zero attached hydrogens (tertiary/aromatic N) is 2. The van der Waals surface area contributed by atoms with Crippen LogP contribution in [0.5, 0.6) is 0 Å². The Morgan fingerprint density at radius 2 is 2.33 bits per heavy atom. The van der Waals surface area contributed by atoms with Gasteiger partial charge in [0.1, 0.15) is 0 Å². The van der Waals surface area contributed by atoms with Crippen molar-refractivity contribution < 1.29 is 4.74 Å². The molecule has 1 aromatic heterocycles. The minimum absolute atomic E-state index is 0.139. The standard InChI is InChI=1S/C13H15N3OS/c1-3-17-8-9(2)16-12-6-10(7-14)4-5-11(12)15-13(16)18/h4-6,9H,3,8H2,1-2H3,(H,15,18). The molecule has 5 heteroatoms. The first kappa shape index (κ1) is 12.8. The number of hydrogen-bond acceptors (Lipinski definition) is 3. The molecule has 0 fully saturated rings. The number of ether oxygens (including phenoxy) is 1. The van der Waals surface area contributed by atoms with Crippen LogP contribution in [0.15, 0.2) is 18.2 Å². The summed E-state index contributed by atoms with van der Waals surface area (Å²) in [5, 5.41) is 8.95. The Bertz CT molecular complexity index is 650. The van der Waals surface area contributed by atoms with Gasteiger partial charge < -0.3 is 14.3 Å². The molecule has 0 aliphatic heterocycles. The maximum Gasteiger partial charge on any atom is 0.178 e. The number of nitrogens with one attached hydrogen (secondary N) is 1. The molecule has 2 aromatic rings. The molecule has 0 spiro atoms. The van der Waals surface area contributed by atoms with Crippen LogP contribution in [0.2, 0.25) is 0 Å². The van der Waals surface area contributed by atoms with Crippen LogP contribution in [0.4, 0.5) is 0 Å². The molecule has 0 saturated heterocycles. The van der Waals surface area contributed by atoms with Gasteiger partial charge in [-0.3, -0.25) is 0 Å². The average Bonchev–Trinajstić information content (AvgIpc) is 2.70. The van der Waals surface area contributed by atoms with E-state index < -0.39 is 0 Å². The molecule has 94 valence electrons. The maximum absolute atomic E-state index is 8.95. The molecular formula is C13H15N3OS. The summed E-state index contributed by atoms with van der Waals surface area (Å²) in [6.45, 7) is 5.31.